The number of rotatable bonds is 5. The van der Waals surface area contributed by atoms with Crippen molar-refractivity contribution < 1.29 is 14.3 Å². The molecule has 2 aromatic heterocycles. The lowest BCUT2D eigenvalue weighted by molar-refractivity contribution is 0.101. The van der Waals surface area contributed by atoms with Crippen LogP contribution in [0.5, 0.6) is 11.5 Å². The van der Waals surface area contributed by atoms with Crippen molar-refractivity contribution in [3.05, 3.63) is 53.0 Å². The molecule has 7 heteroatoms. The molecule has 0 amide bonds. The molecule has 0 unspecified atom stereocenters. The van der Waals surface area contributed by atoms with Crippen LogP contribution < -0.4 is 14.8 Å². The van der Waals surface area contributed by atoms with E-state index in [9.17, 15) is 4.79 Å². The van der Waals surface area contributed by atoms with E-state index in [1.54, 1.807) is 25.4 Å². The summed E-state index contributed by atoms with van der Waals surface area (Å²) in [6.07, 6.45) is 7.63. The van der Waals surface area contributed by atoms with E-state index in [2.05, 4.69) is 20.5 Å². The lowest BCUT2D eigenvalue weighted by Crippen LogP contribution is -2.27. The highest BCUT2D eigenvalue weighted by Gasteiger charge is 2.32. The zero-order valence-electron chi connectivity index (χ0n) is 16.9. The minimum absolute atomic E-state index is 0.129. The van der Waals surface area contributed by atoms with Crippen LogP contribution in [0.4, 0.5) is 0 Å². The van der Waals surface area contributed by atoms with Gasteiger partial charge in [0.2, 0.25) is 5.78 Å². The van der Waals surface area contributed by atoms with Crippen LogP contribution in [0.2, 0.25) is 0 Å². The van der Waals surface area contributed by atoms with Gasteiger partial charge in [-0.25, -0.2) is 4.98 Å². The van der Waals surface area contributed by atoms with E-state index < -0.39 is 0 Å². The Kier molecular flexibility index (Phi) is 4.96. The van der Waals surface area contributed by atoms with Gasteiger partial charge in [-0.2, -0.15) is 5.10 Å². The topological polar surface area (TPSA) is 89.1 Å². The number of benzene rings is 1. The summed E-state index contributed by atoms with van der Waals surface area (Å²) in [5.74, 6) is 2.22. The molecule has 2 N–H and O–H groups in total. The summed E-state index contributed by atoms with van der Waals surface area (Å²) in [6, 6.07) is 7.41. The highest BCUT2D eigenvalue weighted by molar-refractivity contribution is 6.15. The molecule has 0 spiro atoms. The Hall–Kier alpha value is -3.19. The Labute approximate surface area is 174 Å². The first kappa shape index (κ1) is 18.8. The maximum absolute atomic E-state index is 13.0. The fourth-order valence-electron chi connectivity index (χ4n) is 4.34. The summed E-state index contributed by atoms with van der Waals surface area (Å²) in [5, 5.41) is 11.4. The third kappa shape index (κ3) is 3.35. The number of nitrogens with one attached hydrogen (secondary N) is 2. The van der Waals surface area contributed by atoms with Gasteiger partial charge in [0, 0.05) is 23.2 Å². The minimum Gasteiger partial charge on any atom is -0.496 e. The van der Waals surface area contributed by atoms with Crippen LogP contribution in [-0.2, 0) is 6.42 Å². The maximum atomic E-state index is 13.0. The van der Waals surface area contributed by atoms with Crippen molar-refractivity contribution in [3.8, 4) is 11.5 Å². The number of nitrogens with zero attached hydrogens (tertiary/aromatic N) is 2. The van der Waals surface area contributed by atoms with E-state index in [1.165, 1.54) is 12.8 Å². The predicted octanol–water partition coefficient (Wildman–Crippen LogP) is 3.51. The molecule has 30 heavy (non-hydrogen) atoms. The smallest absolute Gasteiger partial charge is 0.232 e. The maximum Gasteiger partial charge on any atom is 0.232 e. The summed E-state index contributed by atoms with van der Waals surface area (Å²) in [5.41, 5.74) is 2.87. The van der Waals surface area contributed by atoms with Gasteiger partial charge in [0.1, 0.15) is 11.5 Å². The number of aromatic nitrogens is 3. The number of aromatic amines is 1. The van der Waals surface area contributed by atoms with E-state index in [4.69, 9.17) is 9.47 Å². The van der Waals surface area contributed by atoms with Crippen molar-refractivity contribution in [2.75, 3.05) is 20.2 Å². The molecule has 154 valence electrons. The van der Waals surface area contributed by atoms with Gasteiger partial charge < -0.3 is 14.8 Å². The summed E-state index contributed by atoms with van der Waals surface area (Å²) in [6.45, 7) is 2.14. The van der Waals surface area contributed by atoms with E-state index in [-0.39, 0.29) is 11.5 Å². The molecule has 4 heterocycles. The monoisotopic (exact) mass is 404 g/mol. The number of ketones is 1. The molecule has 0 saturated carbocycles. The van der Waals surface area contributed by atoms with Gasteiger partial charge >= 0.3 is 0 Å². The van der Waals surface area contributed by atoms with Crippen molar-refractivity contribution >= 4 is 22.9 Å². The average Bonchev–Trinajstić information content (AvgIpc) is 3.34. The molecule has 1 aromatic carbocycles. The molecule has 0 bridgehead atoms. The molecule has 5 rings (SSSR count). The zero-order chi connectivity index (χ0) is 20.5. The lowest BCUT2D eigenvalue weighted by atomic mass is 9.90. The molecule has 0 radical (unpaired) electrons. The highest BCUT2D eigenvalue weighted by atomic mass is 16.5. The van der Waals surface area contributed by atoms with Gasteiger partial charge in [0.05, 0.1) is 18.4 Å². The summed E-state index contributed by atoms with van der Waals surface area (Å²) in [4.78, 5) is 17.3. The molecule has 0 aliphatic carbocycles. The molecule has 1 saturated heterocycles. The number of pyridine rings is 1. The van der Waals surface area contributed by atoms with Crippen LogP contribution in [-0.4, -0.2) is 41.2 Å². The Bertz CT molecular complexity index is 1130. The highest BCUT2D eigenvalue weighted by Crippen LogP contribution is 2.41. The number of ether oxygens (including phenoxy) is 2. The van der Waals surface area contributed by atoms with Gasteiger partial charge in [-0.05, 0) is 69.0 Å². The van der Waals surface area contributed by atoms with E-state index in [0.717, 1.165) is 42.6 Å². The standard InChI is InChI=1S/C23H24N4O3/c1-29-19-7-6-17-21(28)20(13-18-15-3-2-10-25-23(15)27-26-18)30-22(17)16(19)5-4-14-8-11-24-12-9-14/h2-3,6-7,10,13-14,24H,4-5,8-9,11-12H2,1H3,(H,25,26,27). The van der Waals surface area contributed by atoms with Crippen molar-refractivity contribution in [3.63, 3.8) is 0 Å². The third-order valence-electron chi connectivity index (χ3n) is 6.01. The molecular formula is C23H24N4O3. The van der Waals surface area contributed by atoms with Gasteiger partial charge in [-0.1, -0.05) is 0 Å². The first-order valence-corrected chi connectivity index (χ1v) is 10.4. The second-order valence-corrected chi connectivity index (χ2v) is 7.80. The number of fused-ring (bicyclic) bond motifs is 2. The SMILES string of the molecule is COc1ccc2c(c1CCC1CCNCC1)OC(=Cc1n[nH]c3ncccc13)C2=O. The van der Waals surface area contributed by atoms with Crippen LogP contribution in [0.1, 0.15) is 40.9 Å². The van der Waals surface area contributed by atoms with E-state index >= 15 is 0 Å². The Balaban J connectivity index is 1.46. The van der Waals surface area contributed by atoms with Crippen molar-refractivity contribution in [2.45, 2.75) is 25.7 Å². The fourth-order valence-corrected chi connectivity index (χ4v) is 4.34. The number of carbonyl (C=O) groups is 1. The average molecular weight is 404 g/mol. The van der Waals surface area contributed by atoms with Crippen molar-refractivity contribution in [1.29, 1.82) is 0 Å². The largest absolute Gasteiger partial charge is 0.496 e. The number of H-pyrrole nitrogens is 1. The Morgan fingerprint density at radius 2 is 2.13 bits per heavy atom. The molecule has 1 fully saturated rings. The van der Waals surface area contributed by atoms with Crippen LogP contribution in [0.3, 0.4) is 0 Å². The Morgan fingerprint density at radius 3 is 2.97 bits per heavy atom. The second-order valence-electron chi connectivity index (χ2n) is 7.80. The summed E-state index contributed by atoms with van der Waals surface area (Å²) >= 11 is 0. The summed E-state index contributed by atoms with van der Waals surface area (Å²) in [7, 11) is 1.66. The number of methoxy groups -OCH3 is 1. The van der Waals surface area contributed by atoms with Crippen LogP contribution >= 0.6 is 0 Å². The first-order valence-electron chi connectivity index (χ1n) is 10.4. The number of hydrogen-bond donors (Lipinski definition) is 2. The number of hydrogen-bond acceptors (Lipinski definition) is 6. The molecule has 2 aliphatic heterocycles. The number of carbonyl (C=O) groups excluding carboxylic acids is 1. The van der Waals surface area contributed by atoms with Crippen LogP contribution in [0.25, 0.3) is 17.1 Å². The minimum atomic E-state index is -0.129. The lowest BCUT2D eigenvalue weighted by Gasteiger charge is -2.23. The molecule has 2 aliphatic rings. The van der Waals surface area contributed by atoms with Crippen molar-refractivity contribution in [1.82, 2.24) is 20.5 Å². The third-order valence-corrected chi connectivity index (χ3v) is 6.01. The van der Waals surface area contributed by atoms with E-state index in [0.29, 0.717) is 28.6 Å². The molecule has 3 aromatic rings. The van der Waals surface area contributed by atoms with Gasteiger partial charge in [-0.3, -0.25) is 9.89 Å². The van der Waals surface area contributed by atoms with Crippen molar-refractivity contribution in [2.24, 2.45) is 5.92 Å². The van der Waals surface area contributed by atoms with Crippen LogP contribution in [0, 0.1) is 5.92 Å². The quantitative estimate of drug-likeness (QED) is 0.633. The van der Waals surface area contributed by atoms with Gasteiger partial charge in [0.15, 0.2) is 11.4 Å². The van der Waals surface area contributed by atoms with Crippen LogP contribution in [0.15, 0.2) is 36.2 Å². The van der Waals surface area contributed by atoms with E-state index in [1.807, 2.05) is 18.2 Å². The first-order chi connectivity index (χ1) is 14.7. The number of piperidine rings is 1. The fraction of sp³-hybridized carbons (Fsp3) is 0.348. The number of Topliss-reactive ketones (excluding diaryl/α,β-unsaturated/α-hetero) is 1. The summed E-state index contributed by atoms with van der Waals surface area (Å²) < 4.78 is 11.7. The van der Waals surface area contributed by atoms with Gasteiger partial charge in [0.25, 0.3) is 0 Å². The predicted molar refractivity (Wildman–Crippen MR) is 114 cm³/mol. The van der Waals surface area contributed by atoms with Gasteiger partial charge in [-0.15, -0.1) is 0 Å². The number of allylic oxidation sites excluding steroid dienone is 1. The normalized spacial score (nSPS) is 18.0. The molecule has 7 nitrogen and oxygen atoms in total. The zero-order valence-corrected chi connectivity index (χ0v) is 16.9. The molecule has 0 atom stereocenters. The molecular weight excluding hydrogens is 380 g/mol. The Morgan fingerprint density at radius 1 is 1.27 bits per heavy atom. The second kappa shape index (κ2) is 7.91.